The molecule has 2 aliphatic rings. The summed E-state index contributed by atoms with van der Waals surface area (Å²) in [4.78, 5) is 28.8. The Labute approximate surface area is 216 Å². The van der Waals surface area contributed by atoms with Gasteiger partial charge in [0.2, 0.25) is 0 Å². The van der Waals surface area contributed by atoms with E-state index in [1.807, 2.05) is 26.0 Å². The minimum absolute atomic E-state index is 0.226. The number of carbonyl (C=O) groups excluding carboxylic acids is 1. The van der Waals surface area contributed by atoms with Gasteiger partial charge >= 0.3 is 6.03 Å². The number of aryl methyl sites for hydroxylation is 2. The first-order valence-corrected chi connectivity index (χ1v) is 13.2. The van der Waals surface area contributed by atoms with Gasteiger partial charge in [-0.05, 0) is 70.2 Å². The number of pyridine rings is 1. The van der Waals surface area contributed by atoms with Crippen molar-refractivity contribution in [1.82, 2.24) is 15.6 Å². The second-order valence-corrected chi connectivity index (χ2v) is 10.5. The number of ether oxygens (including phenoxy) is 1. The molecule has 2 heterocycles. The van der Waals surface area contributed by atoms with Crippen molar-refractivity contribution >= 4 is 34.2 Å². The summed E-state index contributed by atoms with van der Waals surface area (Å²) < 4.78 is 6.41. The lowest BCUT2D eigenvalue weighted by Gasteiger charge is -2.24. The summed E-state index contributed by atoms with van der Waals surface area (Å²) >= 11 is 6.49. The van der Waals surface area contributed by atoms with Gasteiger partial charge in [0, 0.05) is 17.5 Å². The molecule has 36 heavy (non-hydrogen) atoms. The second-order valence-electron chi connectivity index (χ2n) is 10.1. The standard InChI is InChI=1S/C28H33ClN4O3/c1-16-11-17(2)13-18(12-16)25-26(36-10-8-19-5-3-4-9-30-19)21-14-24(33-28(35)31-20-6-7-20)22(29)15-23(21)32-27(25)34/h11-15,19-20,30H,3-10H2,1-2H3,(H,32,34)(H2,31,33,35)/t19-/m0/s1. The molecule has 1 saturated heterocycles. The molecular formula is C28H33ClN4O3. The van der Waals surface area contributed by atoms with Gasteiger partial charge in [-0.3, -0.25) is 4.79 Å². The highest BCUT2D eigenvalue weighted by Gasteiger charge is 2.24. The molecule has 2 amide bonds. The van der Waals surface area contributed by atoms with Gasteiger partial charge in [0.05, 0.1) is 28.4 Å². The molecule has 8 heteroatoms. The van der Waals surface area contributed by atoms with Crippen LogP contribution in [0, 0.1) is 13.8 Å². The van der Waals surface area contributed by atoms with E-state index >= 15 is 0 Å². The number of hydrogen-bond acceptors (Lipinski definition) is 4. The molecule has 1 aliphatic carbocycles. The number of fused-ring (bicyclic) bond motifs is 1. The Balaban J connectivity index is 1.56. The summed E-state index contributed by atoms with van der Waals surface area (Å²) in [5, 5.41) is 10.4. The Morgan fingerprint density at radius 1 is 1.08 bits per heavy atom. The molecule has 0 radical (unpaired) electrons. The van der Waals surface area contributed by atoms with Crippen molar-refractivity contribution in [2.45, 2.75) is 64.5 Å². The van der Waals surface area contributed by atoms with Gasteiger partial charge < -0.3 is 25.7 Å². The van der Waals surface area contributed by atoms with E-state index < -0.39 is 0 Å². The first-order valence-electron chi connectivity index (χ1n) is 12.8. The summed E-state index contributed by atoms with van der Waals surface area (Å²) in [6.07, 6.45) is 6.39. The third kappa shape index (κ3) is 5.68. The monoisotopic (exact) mass is 508 g/mol. The maximum Gasteiger partial charge on any atom is 0.319 e. The lowest BCUT2D eigenvalue weighted by atomic mass is 9.99. The van der Waals surface area contributed by atoms with E-state index in [-0.39, 0.29) is 17.6 Å². The van der Waals surface area contributed by atoms with Crippen molar-refractivity contribution in [1.29, 1.82) is 0 Å². The Hall–Kier alpha value is -3.03. The van der Waals surface area contributed by atoms with Crippen LogP contribution in [0.15, 0.2) is 35.1 Å². The number of urea groups is 1. The van der Waals surface area contributed by atoms with E-state index in [1.165, 1.54) is 12.8 Å². The van der Waals surface area contributed by atoms with Gasteiger partial charge in [0.15, 0.2) is 0 Å². The molecule has 0 bridgehead atoms. The van der Waals surface area contributed by atoms with Gasteiger partial charge in [-0.2, -0.15) is 0 Å². The lowest BCUT2D eigenvalue weighted by molar-refractivity contribution is 0.251. The topological polar surface area (TPSA) is 95.2 Å². The first-order chi connectivity index (χ1) is 17.4. The third-order valence-corrected chi connectivity index (χ3v) is 7.16. The van der Waals surface area contributed by atoms with Crippen LogP contribution in [0.3, 0.4) is 0 Å². The van der Waals surface area contributed by atoms with Crippen LogP contribution in [-0.4, -0.2) is 36.3 Å². The molecule has 1 atom stereocenters. The molecule has 190 valence electrons. The van der Waals surface area contributed by atoms with Crippen molar-refractivity contribution in [3.05, 3.63) is 56.8 Å². The van der Waals surface area contributed by atoms with E-state index in [1.54, 1.807) is 12.1 Å². The van der Waals surface area contributed by atoms with Gasteiger partial charge in [0.1, 0.15) is 5.75 Å². The van der Waals surface area contributed by atoms with Crippen molar-refractivity contribution in [3.63, 3.8) is 0 Å². The first kappa shape index (κ1) is 24.7. The van der Waals surface area contributed by atoms with Crippen LogP contribution in [0.2, 0.25) is 5.02 Å². The van der Waals surface area contributed by atoms with Gasteiger partial charge in [-0.15, -0.1) is 0 Å². The summed E-state index contributed by atoms with van der Waals surface area (Å²) in [7, 11) is 0. The number of piperidine rings is 1. The zero-order chi connectivity index (χ0) is 25.2. The average molecular weight is 509 g/mol. The molecule has 1 saturated carbocycles. The number of aromatic nitrogens is 1. The smallest absolute Gasteiger partial charge is 0.319 e. The molecule has 2 fully saturated rings. The maximum absolute atomic E-state index is 13.4. The minimum Gasteiger partial charge on any atom is -0.492 e. The van der Waals surface area contributed by atoms with Gasteiger partial charge in [-0.1, -0.05) is 47.3 Å². The van der Waals surface area contributed by atoms with Gasteiger partial charge in [-0.25, -0.2) is 4.79 Å². The number of aromatic amines is 1. The molecule has 1 aromatic heterocycles. The van der Waals surface area contributed by atoms with Crippen LogP contribution in [0.25, 0.3) is 22.0 Å². The minimum atomic E-state index is -0.288. The normalized spacial score (nSPS) is 17.7. The molecular weight excluding hydrogens is 476 g/mol. The summed E-state index contributed by atoms with van der Waals surface area (Å²) in [6, 6.07) is 9.89. The third-order valence-electron chi connectivity index (χ3n) is 6.85. The molecule has 7 nitrogen and oxygen atoms in total. The fraction of sp³-hybridized carbons (Fsp3) is 0.429. The van der Waals surface area contributed by atoms with Crippen LogP contribution in [0.4, 0.5) is 10.5 Å². The predicted molar refractivity (Wildman–Crippen MR) is 145 cm³/mol. The van der Waals surface area contributed by atoms with Crippen LogP contribution < -0.4 is 26.2 Å². The van der Waals surface area contributed by atoms with E-state index in [4.69, 9.17) is 16.3 Å². The number of H-pyrrole nitrogens is 1. The molecule has 4 N–H and O–H groups in total. The van der Waals surface area contributed by atoms with Crippen LogP contribution in [0.1, 0.15) is 49.7 Å². The zero-order valence-electron chi connectivity index (χ0n) is 20.8. The highest BCUT2D eigenvalue weighted by atomic mass is 35.5. The van der Waals surface area contributed by atoms with Crippen LogP contribution in [-0.2, 0) is 0 Å². The Morgan fingerprint density at radius 3 is 2.56 bits per heavy atom. The highest BCUT2D eigenvalue weighted by molar-refractivity contribution is 6.34. The Bertz CT molecular complexity index is 1320. The van der Waals surface area contributed by atoms with E-state index in [2.05, 4.69) is 27.0 Å². The molecule has 5 rings (SSSR count). The summed E-state index contributed by atoms with van der Waals surface area (Å²) in [6.45, 7) is 5.53. The quantitative estimate of drug-likeness (QED) is 0.331. The number of rotatable bonds is 7. The molecule has 3 aromatic rings. The highest BCUT2D eigenvalue weighted by Crippen LogP contribution is 2.38. The van der Waals surface area contributed by atoms with E-state index in [0.717, 1.165) is 48.9 Å². The zero-order valence-corrected chi connectivity index (χ0v) is 21.6. The molecule has 0 spiro atoms. The molecule has 1 aliphatic heterocycles. The number of benzene rings is 2. The molecule has 0 unspecified atom stereocenters. The maximum atomic E-state index is 13.4. The number of hydrogen-bond donors (Lipinski definition) is 4. The van der Waals surface area contributed by atoms with Crippen molar-refractivity contribution in [2.75, 3.05) is 18.5 Å². The number of amides is 2. The number of halogens is 1. The fourth-order valence-electron chi connectivity index (χ4n) is 4.96. The van der Waals surface area contributed by atoms with Crippen LogP contribution >= 0.6 is 11.6 Å². The largest absolute Gasteiger partial charge is 0.492 e. The van der Waals surface area contributed by atoms with Gasteiger partial charge in [0.25, 0.3) is 5.56 Å². The summed E-state index contributed by atoms with van der Waals surface area (Å²) in [5.41, 5.74) is 4.23. The number of carbonyl (C=O) groups is 1. The Kier molecular flexibility index (Phi) is 7.21. The van der Waals surface area contributed by atoms with Crippen molar-refractivity contribution in [2.24, 2.45) is 0 Å². The van der Waals surface area contributed by atoms with E-state index in [0.29, 0.717) is 45.6 Å². The lowest BCUT2D eigenvalue weighted by Crippen LogP contribution is -2.35. The predicted octanol–water partition coefficient (Wildman–Crippen LogP) is 5.66. The number of anilines is 1. The fourth-order valence-corrected chi connectivity index (χ4v) is 5.17. The average Bonchev–Trinajstić information content (AvgIpc) is 3.64. The second kappa shape index (κ2) is 10.5. The summed E-state index contributed by atoms with van der Waals surface area (Å²) in [5.74, 6) is 0.511. The molecule has 2 aromatic carbocycles. The number of nitrogens with one attached hydrogen (secondary N) is 4. The van der Waals surface area contributed by atoms with Crippen LogP contribution in [0.5, 0.6) is 5.75 Å². The van der Waals surface area contributed by atoms with Crippen molar-refractivity contribution in [3.8, 4) is 16.9 Å². The van der Waals surface area contributed by atoms with Crippen molar-refractivity contribution < 1.29 is 9.53 Å². The SMILES string of the molecule is Cc1cc(C)cc(-c2c(OCC[C@@H]3CCCCN3)c3cc(NC(=O)NC4CC4)c(Cl)cc3[nH]c2=O)c1. The van der Waals surface area contributed by atoms with E-state index in [9.17, 15) is 9.59 Å². The Morgan fingerprint density at radius 2 is 1.86 bits per heavy atom.